The molecule has 1 unspecified atom stereocenters. The van der Waals surface area contributed by atoms with Crippen molar-refractivity contribution >= 4 is 11.6 Å². The Kier molecular flexibility index (Phi) is 5.43. The summed E-state index contributed by atoms with van der Waals surface area (Å²) in [6.07, 6.45) is 1.80. The monoisotopic (exact) mass is 309 g/mol. The predicted octanol–water partition coefficient (Wildman–Crippen LogP) is 4.97. The van der Waals surface area contributed by atoms with Gasteiger partial charge in [-0.1, -0.05) is 24.6 Å². The molecule has 0 aliphatic carbocycles. The van der Waals surface area contributed by atoms with Gasteiger partial charge in [-0.05, 0) is 57.0 Å². The first-order valence-electron chi connectivity index (χ1n) is 7.25. The summed E-state index contributed by atoms with van der Waals surface area (Å²) in [5.74, 6) is 1.45. The third-order valence-corrected chi connectivity index (χ3v) is 3.81. The van der Waals surface area contributed by atoms with Gasteiger partial charge in [-0.15, -0.1) is 0 Å². The van der Waals surface area contributed by atoms with Crippen LogP contribution in [0.15, 0.2) is 28.7 Å². The minimum absolute atomic E-state index is 0.143. The molecule has 1 N–H and O–H groups in total. The summed E-state index contributed by atoms with van der Waals surface area (Å²) in [6, 6.07) is 7.10. The van der Waals surface area contributed by atoms with Crippen LogP contribution in [0, 0.1) is 19.7 Å². The standard InChI is InChI=1S/C17H21ClFNO/c1-4-7-20-17(14-8-11(2)21-12(14)3)10-13-5-6-16(19)15(18)9-13/h5-6,8-9,17,20H,4,7,10H2,1-3H3. The average Bonchev–Trinajstić information content (AvgIpc) is 2.77. The molecule has 1 atom stereocenters. The molecule has 0 saturated heterocycles. The summed E-state index contributed by atoms with van der Waals surface area (Å²) in [7, 11) is 0. The van der Waals surface area contributed by atoms with E-state index in [-0.39, 0.29) is 16.9 Å². The van der Waals surface area contributed by atoms with Gasteiger partial charge in [0.05, 0.1) is 5.02 Å². The van der Waals surface area contributed by atoms with Crippen molar-refractivity contribution in [3.63, 3.8) is 0 Å². The Morgan fingerprint density at radius 2 is 2.05 bits per heavy atom. The van der Waals surface area contributed by atoms with Crippen LogP contribution in [0.2, 0.25) is 5.02 Å². The van der Waals surface area contributed by atoms with Crippen molar-refractivity contribution in [2.24, 2.45) is 0 Å². The highest BCUT2D eigenvalue weighted by molar-refractivity contribution is 6.30. The van der Waals surface area contributed by atoms with Crippen molar-refractivity contribution in [2.45, 2.75) is 39.7 Å². The Morgan fingerprint density at radius 3 is 2.62 bits per heavy atom. The van der Waals surface area contributed by atoms with E-state index in [1.54, 1.807) is 12.1 Å². The molecule has 21 heavy (non-hydrogen) atoms. The van der Waals surface area contributed by atoms with Crippen LogP contribution in [0.1, 0.15) is 42.0 Å². The first-order valence-corrected chi connectivity index (χ1v) is 7.63. The van der Waals surface area contributed by atoms with E-state index in [0.29, 0.717) is 0 Å². The van der Waals surface area contributed by atoms with Crippen LogP contribution in [-0.2, 0) is 6.42 Å². The molecule has 0 aliphatic rings. The number of halogens is 2. The van der Waals surface area contributed by atoms with E-state index in [4.69, 9.17) is 16.0 Å². The second-order valence-corrected chi connectivity index (χ2v) is 5.74. The number of rotatable bonds is 6. The molecule has 0 radical (unpaired) electrons. The van der Waals surface area contributed by atoms with Gasteiger partial charge in [0.2, 0.25) is 0 Å². The van der Waals surface area contributed by atoms with E-state index >= 15 is 0 Å². The smallest absolute Gasteiger partial charge is 0.141 e. The highest BCUT2D eigenvalue weighted by Gasteiger charge is 2.17. The van der Waals surface area contributed by atoms with E-state index in [2.05, 4.69) is 18.3 Å². The van der Waals surface area contributed by atoms with Crippen LogP contribution in [0.3, 0.4) is 0 Å². The van der Waals surface area contributed by atoms with E-state index in [1.165, 1.54) is 6.07 Å². The summed E-state index contributed by atoms with van der Waals surface area (Å²) >= 11 is 5.87. The van der Waals surface area contributed by atoms with Crippen LogP contribution in [0.5, 0.6) is 0 Å². The maximum absolute atomic E-state index is 13.3. The molecule has 114 valence electrons. The molecular formula is C17H21ClFNO. The third kappa shape index (κ3) is 4.08. The SMILES string of the molecule is CCCNC(Cc1ccc(F)c(Cl)c1)c1cc(C)oc1C. The Hall–Kier alpha value is -1.32. The number of aryl methyl sites for hydroxylation is 2. The zero-order valence-corrected chi connectivity index (χ0v) is 13.4. The lowest BCUT2D eigenvalue weighted by molar-refractivity contribution is 0.480. The summed E-state index contributed by atoms with van der Waals surface area (Å²) < 4.78 is 18.9. The second kappa shape index (κ2) is 7.10. The topological polar surface area (TPSA) is 25.2 Å². The van der Waals surface area contributed by atoms with E-state index in [1.807, 2.05) is 13.8 Å². The van der Waals surface area contributed by atoms with E-state index in [0.717, 1.165) is 42.0 Å². The number of hydrogen-bond acceptors (Lipinski definition) is 2. The van der Waals surface area contributed by atoms with Gasteiger partial charge in [-0.3, -0.25) is 0 Å². The molecule has 1 aromatic carbocycles. The quantitative estimate of drug-likeness (QED) is 0.814. The third-order valence-electron chi connectivity index (χ3n) is 3.52. The van der Waals surface area contributed by atoms with Gasteiger partial charge >= 0.3 is 0 Å². The van der Waals surface area contributed by atoms with Crippen molar-refractivity contribution in [3.05, 3.63) is 57.8 Å². The Bertz CT molecular complexity index is 609. The van der Waals surface area contributed by atoms with Gasteiger partial charge in [0, 0.05) is 11.6 Å². The molecule has 1 heterocycles. The van der Waals surface area contributed by atoms with Crippen LogP contribution < -0.4 is 5.32 Å². The molecule has 0 saturated carbocycles. The van der Waals surface area contributed by atoms with Gasteiger partial charge in [-0.25, -0.2) is 4.39 Å². The number of nitrogens with one attached hydrogen (secondary N) is 1. The molecule has 4 heteroatoms. The van der Waals surface area contributed by atoms with Crippen molar-refractivity contribution in [1.82, 2.24) is 5.32 Å². The van der Waals surface area contributed by atoms with Crippen LogP contribution in [0.4, 0.5) is 4.39 Å². The maximum Gasteiger partial charge on any atom is 0.141 e. The molecule has 2 aromatic rings. The first kappa shape index (κ1) is 16.1. The van der Waals surface area contributed by atoms with Crippen LogP contribution in [-0.4, -0.2) is 6.54 Å². The first-order chi connectivity index (χ1) is 10.0. The van der Waals surface area contributed by atoms with Gasteiger partial charge in [0.25, 0.3) is 0 Å². The number of hydrogen-bond donors (Lipinski definition) is 1. The Labute approximate surface area is 130 Å². The average molecular weight is 310 g/mol. The van der Waals surface area contributed by atoms with E-state index in [9.17, 15) is 4.39 Å². The highest BCUT2D eigenvalue weighted by atomic mass is 35.5. The zero-order valence-electron chi connectivity index (χ0n) is 12.7. The fourth-order valence-corrected chi connectivity index (χ4v) is 2.71. The largest absolute Gasteiger partial charge is 0.466 e. The van der Waals surface area contributed by atoms with Crippen molar-refractivity contribution in [2.75, 3.05) is 6.54 Å². The number of benzene rings is 1. The summed E-state index contributed by atoms with van der Waals surface area (Å²) in [6.45, 7) is 6.97. The predicted molar refractivity (Wildman–Crippen MR) is 84.3 cm³/mol. The molecule has 0 fully saturated rings. The molecular weight excluding hydrogens is 289 g/mol. The Balaban J connectivity index is 2.23. The van der Waals surface area contributed by atoms with E-state index < -0.39 is 0 Å². The molecule has 0 aliphatic heterocycles. The lowest BCUT2D eigenvalue weighted by Gasteiger charge is -2.18. The van der Waals surface area contributed by atoms with Gasteiger partial charge < -0.3 is 9.73 Å². The van der Waals surface area contributed by atoms with Crippen molar-refractivity contribution in [1.29, 1.82) is 0 Å². The minimum atomic E-state index is -0.381. The molecule has 0 spiro atoms. The molecule has 0 amide bonds. The van der Waals surface area contributed by atoms with Gasteiger partial charge in [-0.2, -0.15) is 0 Å². The highest BCUT2D eigenvalue weighted by Crippen LogP contribution is 2.26. The normalized spacial score (nSPS) is 12.6. The zero-order chi connectivity index (χ0) is 15.4. The lowest BCUT2D eigenvalue weighted by atomic mass is 9.99. The minimum Gasteiger partial charge on any atom is -0.466 e. The van der Waals surface area contributed by atoms with Crippen molar-refractivity contribution < 1.29 is 8.81 Å². The molecule has 2 nitrogen and oxygen atoms in total. The summed E-state index contributed by atoms with van der Waals surface area (Å²) in [4.78, 5) is 0. The Morgan fingerprint density at radius 1 is 1.29 bits per heavy atom. The molecule has 2 rings (SSSR count). The van der Waals surface area contributed by atoms with Crippen molar-refractivity contribution in [3.8, 4) is 0 Å². The molecule has 1 aromatic heterocycles. The number of furan rings is 1. The second-order valence-electron chi connectivity index (χ2n) is 5.33. The lowest BCUT2D eigenvalue weighted by Crippen LogP contribution is -2.24. The summed E-state index contributed by atoms with van der Waals surface area (Å²) in [5.41, 5.74) is 2.16. The molecule has 0 bridgehead atoms. The fraction of sp³-hybridized carbons (Fsp3) is 0.412. The fourth-order valence-electron chi connectivity index (χ4n) is 2.51. The maximum atomic E-state index is 13.3. The van der Waals surface area contributed by atoms with Crippen LogP contribution >= 0.6 is 11.6 Å². The van der Waals surface area contributed by atoms with Gasteiger partial charge in [0.15, 0.2) is 0 Å². The summed E-state index contributed by atoms with van der Waals surface area (Å²) in [5, 5.41) is 3.69. The van der Waals surface area contributed by atoms with Gasteiger partial charge in [0.1, 0.15) is 17.3 Å². The van der Waals surface area contributed by atoms with Crippen LogP contribution in [0.25, 0.3) is 0 Å².